The molecule has 0 unspecified atom stereocenters. The maximum Gasteiger partial charge on any atom is 0.256 e. The topological polar surface area (TPSA) is 104 Å². The van der Waals surface area contributed by atoms with Crippen LogP contribution < -0.4 is 10.6 Å². The summed E-state index contributed by atoms with van der Waals surface area (Å²) in [6.45, 7) is 0.146. The fourth-order valence-electron chi connectivity index (χ4n) is 4.20. The van der Waals surface area contributed by atoms with Crippen LogP contribution in [0.5, 0.6) is 0 Å². The van der Waals surface area contributed by atoms with E-state index in [2.05, 4.69) is 20.6 Å². The predicted octanol–water partition coefficient (Wildman–Crippen LogP) is 5.24. The molecule has 190 valence electrons. The summed E-state index contributed by atoms with van der Waals surface area (Å²) in [5, 5.41) is 6.28. The maximum atomic E-state index is 13.7. The van der Waals surface area contributed by atoms with Crippen molar-refractivity contribution in [2.24, 2.45) is 0 Å². The Kier molecular flexibility index (Phi) is 7.35. The molecule has 1 aliphatic heterocycles. The highest BCUT2D eigenvalue weighted by atomic mass is 35.5. The molecule has 0 saturated heterocycles. The van der Waals surface area contributed by atoms with E-state index < -0.39 is 6.04 Å². The quantitative estimate of drug-likeness (QED) is 0.344. The maximum absolute atomic E-state index is 13.7. The molecule has 10 heteroatoms. The van der Waals surface area contributed by atoms with E-state index in [1.807, 2.05) is 6.07 Å². The Labute approximate surface area is 228 Å². The third kappa shape index (κ3) is 5.51. The van der Waals surface area contributed by atoms with E-state index in [-0.39, 0.29) is 36.5 Å². The van der Waals surface area contributed by atoms with Crippen molar-refractivity contribution in [1.29, 1.82) is 0 Å². The Morgan fingerprint density at radius 2 is 1.76 bits per heavy atom. The third-order valence-corrected chi connectivity index (χ3v) is 6.66. The van der Waals surface area contributed by atoms with Gasteiger partial charge in [-0.15, -0.1) is 0 Å². The second kappa shape index (κ2) is 11.0. The van der Waals surface area contributed by atoms with E-state index in [4.69, 9.17) is 23.2 Å². The van der Waals surface area contributed by atoms with Gasteiger partial charge in [0.15, 0.2) is 5.82 Å². The highest BCUT2D eigenvalue weighted by Gasteiger charge is 2.35. The lowest BCUT2D eigenvalue weighted by Gasteiger charge is -2.29. The third-order valence-electron chi connectivity index (χ3n) is 6.12. The zero-order valence-electron chi connectivity index (χ0n) is 19.9. The number of aromatic nitrogens is 2. The summed E-state index contributed by atoms with van der Waals surface area (Å²) in [4.78, 5) is 49.5. The van der Waals surface area contributed by atoms with Gasteiger partial charge >= 0.3 is 0 Å². The van der Waals surface area contributed by atoms with Gasteiger partial charge in [-0.2, -0.15) is 0 Å². The molecule has 0 fully saturated rings. The summed E-state index contributed by atoms with van der Waals surface area (Å²) < 4.78 is 0. The standard InChI is InChI=1S/C28H21Cl2N5O3/c29-20-9-10-21-23(14-20)33-27(37)24(13-18-3-1-11-31-15-18)35(28(21)38)16-17-5-7-19(8-6-17)26(36)34-25-22(30)4-2-12-32-25/h1-12,14-15,24H,13,16H2,(H,33,37)(H,32,34,36)/t24-/m1/s1. The Hall–Kier alpha value is -4.27. The Morgan fingerprint density at radius 3 is 2.50 bits per heavy atom. The zero-order chi connectivity index (χ0) is 26.6. The monoisotopic (exact) mass is 545 g/mol. The first-order valence-electron chi connectivity index (χ1n) is 11.7. The van der Waals surface area contributed by atoms with Gasteiger partial charge < -0.3 is 15.5 Å². The highest BCUT2D eigenvalue weighted by molar-refractivity contribution is 6.33. The summed E-state index contributed by atoms with van der Waals surface area (Å²) in [5.41, 5.74) is 2.66. The van der Waals surface area contributed by atoms with Crippen LogP contribution in [0.25, 0.3) is 0 Å². The predicted molar refractivity (Wildman–Crippen MR) is 145 cm³/mol. The summed E-state index contributed by atoms with van der Waals surface area (Å²) in [7, 11) is 0. The van der Waals surface area contributed by atoms with Gasteiger partial charge in [-0.05, 0) is 59.7 Å². The molecule has 3 amide bonds. The number of pyridine rings is 2. The largest absolute Gasteiger partial charge is 0.323 e. The van der Waals surface area contributed by atoms with E-state index in [0.717, 1.165) is 11.1 Å². The first-order valence-corrected chi connectivity index (χ1v) is 12.5. The molecule has 8 nitrogen and oxygen atoms in total. The number of hydrogen-bond acceptors (Lipinski definition) is 5. The normalized spacial score (nSPS) is 14.9. The molecule has 2 N–H and O–H groups in total. The van der Waals surface area contributed by atoms with Gasteiger partial charge in [0, 0.05) is 42.1 Å². The van der Waals surface area contributed by atoms with Crippen molar-refractivity contribution >= 4 is 52.4 Å². The Balaban J connectivity index is 1.42. The average Bonchev–Trinajstić information content (AvgIpc) is 3.00. The smallest absolute Gasteiger partial charge is 0.256 e. The molecule has 1 atom stereocenters. The number of carbonyl (C=O) groups excluding carboxylic acids is 3. The van der Waals surface area contributed by atoms with Crippen molar-refractivity contribution in [2.45, 2.75) is 19.0 Å². The van der Waals surface area contributed by atoms with E-state index in [1.54, 1.807) is 73.1 Å². The van der Waals surface area contributed by atoms with Crippen LogP contribution in [0.4, 0.5) is 11.5 Å². The highest BCUT2D eigenvalue weighted by Crippen LogP contribution is 2.29. The van der Waals surface area contributed by atoms with Gasteiger partial charge in [0.2, 0.25) is 5.91 Å². The molecule has 1 aliphatic rings. The van der Waals surface area contributed by atoms with E-state index in [9.17, 15) is 14.4 Å². The lowest BCUT2D eigenvalue weighted by Crippen LogP contribution is -2.46. The SMILES string of the molecule is O=C(Nc1ncccc1Cl)c1ccc(CN2C(=O)c3ccc(Cl)cc3NC(=O)[C@H]2Cc2cccnc2)cc1. The van der Waals surface area contributed by atoms with Gasteiger partial charge in [-0.3, -0.25) is 19.4 Å². The minimum Gasteiger partial charge on any atom is -0.323 e. The van der Waals surface area contributed by atoms with Gasteiger partial charge in [-0.25, -0.2) is 4.98 Å². The number of nitrogens with zero attached hydrogens (tertiary/aromatic N) is 3. The molecular weight excluding hydrogens is 525 g/mol. The minimum atomic E-state index is -0.799. The van der Waals surface area contributed by atoms with Crippen molar-refractivity contribution in [2.75, 3.05) is 10.6 Å². The van der Waals surface area contributed by atoms with Crippen molar-refractivity contribution in [3.63, 3.8) is 0 Å². The number of carbonyl (C=O) groups is 3. The number of benzene rings is 2. The number of rotatable bonds is 6. The van der Waals surface area contributed by atoms with E-state index >= 15 is 0 Å². The molecule has 0 saturated carbocycles. The van der Waals surface area contributed by atoms with E-state index in [0.29, 0.717) is 26.9 Å². The molecule has 0 aliphatic carbocycles. The van der Waals surface area contributed by atoms with Crippen LogP contribution in [0.3, 0.4) is 0 Å². The van der Waals surface area contributed by atoms with Crippen molar-refractivity contribution < 1.29 is 14.4 Å². The molecule has 38 heavy (non-hydrogen) atoms. The molecule has 2 aromatic carbocycles. The molecule has 2 aromatic heterocycles. The summed E-state index contributed by atoms with van der Waals surface area (Å²) in [5.74, 6) is -0.744. The van der Waals surface area contributed by atoms with Crippen molar-refractivity contribution in [1.82, 2.24) is 14.9 Å². The van der Waals surface area contributed by atoms with Gasteiger partial charge in [0.05, 0.1) is 16.3 Å². The Bertz CT molecular complexity index is 1510. The first kappa shape index (κ1) is 25.4. The second-order valence-electron chi connectivity index (χ2n) is 8.68. The minimum absolute atomic E-state index is 0.146. The molecule has 4 aromatic rings. The van der Waals surface area contributed by atoms with Crippen LogP contribution in [0.15, 0.2) is 85.3 Å². The fraction of sp³-hybridized carbons (Fsp3) is 0.107. The van der Waals surface area contributed by atoms with Crippen LogP contribution in [0.1, 0.15) is 31.8 Å². The molecular formula is C28H21Cl2N5O3. The van der Waals surface area contributed by atoms with Gasteiger partial charge in [-0.1, -0.05) is 41.4 Å². The summed E-state index contributed by atoms with van der Waals surface area (Å²) in [6.07, 6.45) is 5.13. The van der Waals surface area contributed by atoms with Crippen LogP contribution in [-0.4, -0.2) is 38.6 Å². The number of amides is 3. The fourth-order valence-corrected chi connectivity index (χ4v) is 4.54. The molecule has 5 rings (SSSR count). The molecule has 0 bridgehead atoms. The van der Waals surface area contributed by atoms with Gasteiger partial charge in [0.1, 0.15) is 6.04 Å². The van der Waals surface area contributed by atoms with Crippen LogP contribution >= 0.6 is 23.2 Å². The number of nitrogens with one attached hydrogen (secondary N) is 2. The summed E-state index contributed by atoms with van der Waals surface area (Å²) in [6, 6.07) is 17.7. The van der Waals surface area contributed by atoms with Crippen LogP contribution in [0, 0.1) is 0 Å². The second-order valence-corrected chi connectivity index (χ2v) is 9.52. The number of anilines is 2. The lowest BCUT2D eigenvalue weighted by atomic mass is 10.0. The average molecular weight is 546 g/mol. The zero-order valence-corrected chi connectivity index (χ0v) is 21.4. The first-order chi connectivity index (χ1) is 18.4. The van der Waals surface area contributed by atoms with Crippen LogP contribution in [0.2, 0.25) is 10.0 Å². The molecule has 0 spiro atoms. The lowest BCUT2D eigenvalue weighted by molar-refractivity contribution is -0.120. The summed E-state index contributed by atoms with van der Waals surface area (Å²) >= 11 is 12.2. The number of halogens is 2. The van der Waals surface area contributed by atoms with Gasteiger partial charge in [0.25, 0.3) is 11.8 Å². The van der Waals surface area contributed by atoms with E-state index in [1.165, 1.54) is 11.1 Å². The number of hydrogen-bond donors (Lipinski definition) is 2. The van der Waals surface area contributed by atoms with Crippen molar-refractivity contribution in [3.8, 4) is 0 Å². The van der Waals surface area contributed by atoms with Crippen LogP contribution in [-0.2, 0) is 17.8 Å². The number of fused-ring (bicyclic) bond motifs is 1. The Morgan fingerprint density at radius 1 is 0.974 bits per heavy atom. The molecule has 3 heterocycles. The van der Waals surface area contributed by atoms with Crippen molar-refractivity contribution in [3.05, 3.63) is 118 Å². The molecule has 0 radical (unpaired) electrons.